The highest BCUT2D eigenvalue weighted by Gasteiger charge is 2.30. The molecular weight excluding hydrogens is 368 g/mol. The van der Waals surface area contributed by atoms with Crippen LogP contribution >= 0.6 is 11.6 Å². The van der Waals surface area contributed by atoms with E-state index in [1.807, 2.05) is 32.0 Å². The van der Waals surface area contributed by atoms with Gasteiger partial charge in [-0.15, -0.1) is 0 Å². The van der Waals surface area contributed by atoms with Crippen molar-refractivity contribution in [3.63, 3.8) is 0 Å². The van der Waals surface area contributed by atoms with Crippen LogP contribution in [0, 0.1) is 13.8 Å². The van der Waals surface area contributed by atoms with E-state index in [9.17, 15) is 9.59 Å². The van der Waals surface area contributed by atoms with Crippen LogP contribution in [0.1, 0.15) is 25.0 Å². The summed E-state index contributed by atoms with van der Waals surface area (Å²) in [6, 6.07) is 12.3. The van der Waals surface area contributed by atoms with Crippen molar-refractivity contribution >= 4 is 23.4 Å². The van der Waals surface area contributed by atoms with E-state index in [0.717, 1.165) is 11.1 Å². The van der Waals surface area contributed by atoms with E-state index in [4.69, 9.17) is 21.1 Å². The van der Waals surface area contributed by atoms with Gasteiger partial charge in [-0.05, 0) is 75.2 Å². The van der Waals surface area contributed by atoms with Crippen LogP contribution in [0.3, 0.4) is 0 Å². The number of halogens is 1. The van der Waals surface area contributed by atoms with E-state index in [2.05, 4.69) is 10.9 Å². The van der Waals surface area contributed by atoms with Crippen LogP contribution in [-0.2, 0) is 9.59 Å². The van der Waals surface area contributed by atoms with Gasteiger partial charge >= 0.3 is 0 Å². The topological polar surface area (TPSA) is 76.7 Å². The van der Waals surface area contributed by atoms with Crippen molar-refractivity contribution in [3.8, 4) is 11.5 Å². The number of ether oxygens (including phenoxy) is 2. The van der Waals surface area contributed by atoms with Crippen molar-refractivity contribution in [2.24, 2.45) is 0 Å². The summed E-state index contributed by atoms with van der Waals surface area (Å²) in [6.07, 6.45) is 0. The third kappa shape index (κ3) is 6.49. The number of rotatable bonds is 6. The summed E-state index contributed by atoms with van der Waals surface area (Å²) in [5, 5.41) is 0.570. The molecule has 0 saturated heterocycles. The number of aryl methyl sites for hydroxylation is 2. The monoisotopic (exact) mass is 390 g/mol. The maximum atomic E-state index is 12.3. The second-order valence-corrected chi connectivity index (χ2v) is 7.12. The van der Waals surface area contributed by atoms with Gasteiger partial charge in [0.15, 0.2) is 12.2 Å². The number of benzene rings is 2. The third-order valence-electron chi connectivity index (χ3n) is 3.61. The van der Waals surface area contributed by atoms with Gasteiger partial charge in [0.25, 0.3) is 11.8 Å². The molecule has 0 heterocycles. The van der Waals surface area contributed by atoms with Gasteiger partial charge in [-0.2, -0.15) is 0 Å². The zero-order chi connectivity index (χ0) is 20.0. The van der Waals surface area contributed by atoms with E-state index >= 15 is 0 Å². The van der Waals surface area contributed by atoms with E-state index in [0.29, 0.717) is 16.5 Å². The first-order chi connectivity index (χ1) is 12.7. The third-order valence-corrected chi connectivity index (χ3v) is 3.87. The van der Waals surface area contributed by atoms with Crippen molar-refractivity contribution < 1.29 is 19.1 Å². The van der Waals surface area contributed by atoms with Gasteiger partial charge in [0, 0.05) is 5.02 Å². The minimum absolute atomic E-state index is 0.221. The molecule has 0 aliphatic rings. The molecule has 2 aromatic carbocycles. The van der Waals surface area contributed by atoms with Crippen molar-refractivity contribution in [2.45, 2.75) is 33.3 Å². The number of hydrogen-bond acceptors (Lipinski definition) is 4. The fourth-order valence-electron chi connectivity index (χ4n) is 2.32. The summed E-state index contributed by atoms with van der Waals surface area (Å²) in [5.74, 6) is 0.103. The molecule has 0 saturated carbocycles. The van der Waals surface area contributed by atoms with Gasteiger partial charge in [0.1, 0.15) is 11.5 Å². The summed E-state index contributed by atoms with van der Waals surface area (Å²) in [7, 11) is 0. The smallest absolute Gasteiger partial charge is 0.281 e. The summed E-state index contributed by atoms with van der Waals surface area (Å²) >= 11 is 5.83. The van der Waals surface area contributed by atoms with Crippen molar-refractivity contribution in [3.05, 3.63) is 58.6 Å². The largest absolute Gasteiger partial charge is 0.484 e. The van der Waals surface area contributed by atoms with Gasteiger partial charge in [0.2, 0.25) is 0 Å². The zero-order valence-corrected chi connectivity index (χ0v) is 16.5. The average Bonchev–Trinajstić information content (AvgIpc) is 2.58. The van der Waals surface area contributed by atoms with Gasteiger partial charge in [-0.3, -0.25) is 20.4 Å². The first-order valence-corrected chi connectivity index (χ1v) is 8.78. The molecule has 2 N–H and O–H groups in total. The Labute approximate surface area is 163 Å². The normalized spacial score (nSPS) is 10.9. The molecule has 0 fully saturated rings. The van der Waals surface area contributed by atoms with Crippen molar-refractivity contribution in [1.82, 2.24) is 10.9 Å². The first-order valence-electron chi connectivity index (χ1n) is 8.41. The highest BCUT2D eigenvalue weighted by Crippen LogP contribution is 2.21. The van der Waals surface area contributed by atoms with Crippen LogP contribution in [-0.4, -0.2) is 24.0 Å². The number of hydrazine groups is 1. The summed E-state index contributed by atoms with van der Waals surface area (Å²) < 4.78 is 11.1. The maximum Gasteiger partial charge on any atom is 0.281 e. The molecule has 0 aromatic heterocycles. The highest BCUT2D eigenvalue weighted by molar-refractivity contribution is 6.30. The van der Waals surface area contributed by atoms with E-state index < -0.39 is 17.4 Å². The molecule has 2 rings (SSSR count). The molecule has 2 aromatic rings. The predicted octanol–water partition coefficient (Wildman–Crippen LogP) is 3.34. The number of amides is 2. The second kappa shape index (κ2) is 8.77. The molecule has 0 radical (unpaired) electrons. The predicted molar refractivity (Wildman–Crippen MR) is 104 cm³/mol. The Balaban J connectivity index is 1.82. The molecule has 6 nitrogen and oxygen atoms in total. The van der Waals surface area contributed by atoms with Gasteiger partial charge < -0.3 is 9.47 Å². The van der Waals surface area contributed by atoms with Crippen LogP contribution in [0.5, 0.6) is 11.5 Å². The molecule has 0 spiro atoms. The van der Waals surface area contributed by atoms with Crippen LogP contribution < -0.4 is 20.3 Å². The lowest BCUT2D eigenvalue weighted by atomic mass is 10.1. The minimum Gasteiger partial charge on any atom is -0.484 e. The molecule has 0 unspecified atom stereocenters. The molecule has 7 heteroatoms. The average molecular weight is 391 g/mol. The Bertz CT molecular complexity index is 799. The lowest BCUT2D eigenvalue weighted by molar-refractivity contribution is -0.138. The molecule has 0 bridgehead atoms. The molecule has 0 aliphatic carbocycles. The lowest BCUT2D eigenvalue weighted by Gasteiger charge is -2.25. The van der Waals surface area contributed by atoms with E-state index in [1.165, 1.54) is 0 Å². The standard InChI is InChI=1S/C20H23ClN2O4/c1-13-9-14(2)11-17(10-13)26-12-18(24)22-23-19(25)20(3,4)27-16-7-5-15(21)6-8-16/h5-11H,12H2,1-4H3,(H,22,24)(H,23,25). The summed E-state index contributed by atoms with van der Waals surface area (Å²) in [5.41, 5.74) is 5.55. The molecule has 27 heavy (non-hydrogen) atoms. The van der Waals surface area contributed by atoms with Crippen LogP contribution in [0.25, 0.3) is 0 Å². The van der Waals surface area contributed by atoms with Crippen LogP contribution in [0.15, 0.2) is 42.5 Å². The highest BCUT2D eigenvalue weighted by atomic mass is 35.5. The van der Waals surface area contributed by atoms with Crippen LogP contribution in [0.2, 0.25) is 5.02 Å². The Kier molecular flexibility index (Phi) is 6.69. The van der Waals surface area contributed by atoms with Crippen LogP contribution in [0.4, 0.5) is 0 Å². The number of hydrogen-bond donors (Lipinski definition) is 2. The number of nitrogens with one attached hydrogen (secondary N) is 2. The van der Waals surface area contributed by atoms with Crippen molar-refractivity contribution in [2.75, 3.05) is 6.61 Å². The van der Waals surface area contributed by atoms with Crippen molar-refractivity contribution in [1.29, 1.82) is 0 Å². The van der Waals surface area contributed by atoms with Gasteiger partial charge in [-0.1, -0.05) is 17.7 Å². The number of carbonyl (C=O) groups is 2. The fourth-order valence-corrected chi connectivity index (χ4v) is 2.45. The Morgan fingerprint density at radius 2 is 1.56 bits per heavy atom. The summed E-state index contributed by atoms with van der Waals surface area (Å²) in [6.45, 7) is 6.86. The Hall–Kier alpha value is -2.73. The van der Waals surface area contributed by atoms with E-state index in [-0.39, 0.29) is 6.61 Å². The van der Waals surface area contributed by atoms with Gasteiger partial charge in [-0.25, -0.2) is 0 Å². The molecular formula is C20H23ClN2O4. The molecule has 0 atom stereocenters. The second-order valence-electron chi connectivity index (χ2n) is 6.68. The fraction of sp³-hybridized carbons (Fsp3) is 0.300. The van der Waals surface area contributed by atoms with E-state index in [1.54, 1.807) is 38.1 Å². The van der Waals surface area contributed by atoms with Gasteiger partial charge in [0.05, 0.1) is 0 Å². The minimum atomic E-state index is -1.20. The molecule has 144 valence electrons. The number of carbonyl (C=O) groups excluding carboxylic acids is 2. The molecule has 0 aliphatic heterocycles. The Morgan fingerprint density at radius 3 is 2.15 bits per heavy atom. The Morgan fingerprint density at radius 1 is 0.963 bits per heavy atom. The maximum absolute atomic E-state index is 12.3. The quantitative estimate of drug-likeness (QED) is 0.741. The SMILES string of the molecule is Cc1cc(C)cc(OCC(=O)NNC(=O)C(C)(C)Oc2ccc(Cl)cc2)c1. The zero-order valence-electron chi connectivity index (χ0n) is 15.8. The first kappa shape index (κ1) is 20.6. The lowest BCUT2D eigenvalue weighted by Crippen LogP contribution is -2.53. The molecule has 2 amide bonds. The summed E-state index contributed by atoms with van der Waals surface area (Å²) in [4.78, 5) is 24.2.